The number of hydrogen-bond donors (Lipinski definition) is 2. The summed E-state index contributed by atoms with van der Waals surface area (Å²) in [5, 5.41) is 4.84. The van der Waals surface area contributed by atoms with Crippen molar-refractivity contribution in [3.63, 3.8) is 0 Å². The summed E-state index contributed by atoms with van der Waals surface area (Å²) in [5.74, 6) is -1.81. The van der Waals surface area contributed by atoms with Crippen molar-refractivity contribution in [2.45, 2.75) is 32.4 Å². The number of hydrogen-bond acceptors (Lipinski definition) is 4. The fourth-order valence-corrected chi connectivity index (χ4v) is 2.95. The van der Waals surface area contributed by atoms with Crippen LogP contribution in [0.4, 0.5) is 24.5 Å². The summed E-state index contributed by atoms with van der Waals surface area (Å²) < 4.78 is 44.1. The third-order valence-corrected chi connectivity index (χ3v) is 5.38. The smallest absolute Gasteiger partial charge is 0.416 e. The molecule has 0 spiro atoms. The number of alkyl halides is 3. The highest BCUT2D eigenvalue weighted by Gasteiger charge is 2.31. The Hall–Kier alpha value is -2.59. The zero-order valence-electron chi connectivity index (χ0n) is 16.8. The normalized spacial score (nSPS) is 11.1. The molecule has 0 bridgehead atoms. The van der Waals surface area contributed by atoms with E-state index in [0.29, 0.717) is 5.69 Å². The van der Waals surface area contributed by atoms with Crippen LogP contribution in [0.3, 0.4) is 0 Å². The maximum atomic E-state index is 12.8. The summed E-state index contributed by atoms with van der Waals surface area (Å²) in [4.78, 5) is 35.6. The highest BCUT2D eigenvalue weighted by molar-refractivity contribution is 9.10. The summed E-state index contributed by atoms with van der Waals surface area (Å²) in [6.07, 6.45) is -4.79. The van der Waals surface area contributed by atoms with Crippen molar-refractivity contribution in [3.05, 3.63) is 57.0 Å². The van der Waals surface area contributed by atoms with Crippen LogP contribution in [0, 0.1) is 6.92 Å². The monoisotopic (exact) mass is 534 g/mol. The standard InChI is InChI=1S/C21H19BrClF3N2O4/c1-12-9-14(6-7-15(12)22)27-19(30)11-32-20(31)4-2-3-18(29)28-17-10-13(21(24,25)26)5-8-16(17)23/h5-10H,2-4,11H2,1H3,(H,27,30)(H,28,29). The predicted octanol–water partition coefficient (Wildman–Crippen LogP) is 5.72. The number of halogens is 5. The van der Waals surface area contributed by atoms with Crippen LogP contribution in [0.25, 0.3) is 0 Å². The molecule has 0 radical (unpaired) electrons. The Balaban J connectivity index is 1.73. The lowest BCUT2D eigenvalue weighted by Crippen LogP contribution is -2.21. The first-order valence-electron chi connectivity index (χ1n) is 9.34. The molecule has 0 aromatic heterocycles. The first-order valence-corrected chi connectivity index (χ1v) is 10.5. The van der Waals surface area contributed by atoms with Gasteiger partial charge >= 0.3 is 12.1 Å². The Morgan fingerprint density at radius 1 is 1.03 bits per heavy atom. The van der Waals surface area contributed by atoms with E-state index in [4.69, 9.17) is 16.3 Å². The van der Waals surface area contributed by atoms with Gasteiger partial charge in [-0.3, -0.25) is 14.4 Å². The van der Waals surface area contributed by atoms with Crippen LogP contribution >= 0.6 is 27.5 Å². The molecule has 2 amide bonds. The number of benzene rings is 2. The van der Waals surface area contributed by atoms with Crippen molar-refractivity contribution in [1.82, 2.24) is 0 Å². The zero-order chi connectivity index (χ0) is 23.9. The SMILES string of the molecule is Cc1cc(NC(=O)COC(=O)CCCC(=O)Nc2cc(C(F)(F)F)ccc2Cl)ccc1Br. The summed E-state index contributed by atoms with van der Waals surface area (Å²) in [7, 11) is 0. The molecule has 172 valence electrons. The number of esters is 1. The highest BCUT2D eigenvalue weighted by Crippen LogP contribution is 2.33. The number of amides is 2. The van der Waals surface area contributed by atoms with Gasteiger partial charge in [0.15, 0.2) is 6.61 Å². The lowest BCUT2D eigenvalue weighted by Gasteiger charge is -2.11. The van der Waals surface area contributed by atoms with E-state index in [2.05, 4.69) is 26.6 Å². The van der Waals surface area contributed by atoms with Crippen LogP contribution in [0.1, 0.15) is 30.4 Å². The Labute approximate surface area is 195 Å². The van der Waals surface area contributed by atoms with Crippen LogP contribution in [0.15, 0.2) is 40.9 Å². The lowest BCUT2D eigenvalue weighted by molar-refractivity contribution is -0.147. The van der Waals surface area contributed by atoms with Crippen molar-refractivity contribution in [1.29, 1.82) is 0 Å². The maximum absolute atomic E-state index is 12.8. The van der Waals surface area contributed by atoms with Crippen LogP contribution in [0.5, 0.6) is 0 Å². The lowest BCUT2D eigenvalue weighted by atomic mass is 10.2. The third kappa shape index (κ3) is 8.16. The van der Waals surface area contributed by atoms with Gasteiger partial charge in [-0.1, -0.05) is 27.5 Å². The number of ether oxygens (including phenoxy) is 1. The quantitative estimate of drug-likeness (QED) is 0.424. The van der Waals surface area contributed by atoms with Gasteiger partial charge in [0.1, 0.15) is 0 Å². The van der Waals surface area contributed by atoms with E-state index in [1.807, 2.05) is 6.92 Å². The predicted molar refractivity (Wildman–Crippen MR) is 117 cm³/mol. The molecule has 0 aliphatic heterocycles. The fraction of sp³-hybridized carbons (Fsp3) is 0.286. The molecule has 0 fully saturated rings. The second-order valence-electron chi connectivity index (χ2n) is 6.77. The number of nitrogens with one attached hydrogen (secondary N) is 2. The molecular formula is C21H19BrClF3N2O4. The molecule has 11 heteroatoms. The largest absolute Gasteiger partial charge is 0.456 e. The third-order valence-electron chi connectivity index (χ3n) is 4.16. The number of rotatable bonds is 8. The van der Waals surface area contributed by atoms with Gasteiger partial charge in [0, 0.05) is 23.0 Å². The van der Waals surface area contributed by atoms with Gasteiger partial charge < -0.3 is 15.4 Å². The minimum atomic E-state index is -4.57. The number of carbonyl (C=O) groups excluding carboxylic acids is 3. The van der Waals surface area contributed by atoms with E-state index in [9.17, 15) is 27.6 Å². The Kier molecular flexibility index (Phi) is 9.09. The van der Waals surface area contributed by atoms with E-state index < -0.39 is 36.1 Å². The molecule has 2 N–H and O–H groups in total. The van der Waals surface area contributed by atoms with Crippen LogP contribution in [0.2, 0.25) is 5.02 Å². The number of carbonyl (C=O) groups is 3. The van der Waals surface area contributed by atoms with Crippen molar-refractivity contribution < 1.29 is 32.3 Å². The van der Waals surface area contributed by atoms with Gasteiger partial charge in [0.05, 0.1) is 16.3 Å². The maximum Gasteiger partial charge on any atom is 0.416 e. The Morgan fingerprint density at radius 2 is 1.75 bits per heavy atom. The minimum absolute atomic E-state index is 0.0438. The van der Waals surface area contributed by atoms with Crippen molar-refractivity contribution >= 4 is 56.7 Å². The van der Waals surface area contributed by atoms with E-state index >= 15 is 0 Å². The topological polar surface area (TPSA) is 84.5 Å². The average Bonchev–Trinajstić information content (AvgIpc) is 2.70. The molecule has 0 heterocycles. The molecule has 0 saturated carbocycles. The molecule has 0 unspecified atom stereocenters. The molecule has 6 nitrogen and oxygen atoms in total. The van der Waals surface area contributed by atoms with E-state index in [1.165, 1.54) is 0 Å². The Bertz CT molecular complexity index is 1020. The first-order chi connectivity index (χ1) is 15.0. The molecule has 0 saturated heterocycles. The summed E-state index contributed by atoms with van der Waals surface area (Å²) in [5.41, 5.74) is 0.354. The fourth-order valence-electron chi connectivity index (χ4n) is 2.54. The number of anilines is 2. The molecule has 2 rings (SSSR count). The van der Waals surface area contributed by atoms with E-state index in [0.717, 1.165) is 28.2 Å². The minimum Gasteiger partial charge on any atom is -0.456 e. The van der Waals surface area contributed by atoms with Crippen LogP contribution in [-0.4, -0.2) is 24.4 Å². The van der Waals surface area contributed by atoms with Gasteiger partial charge in [0.25, 0.3) is 5.91 Å². The van der Waals surface area contributed by atoms with Crippen molar-refractivity contribution in [2.75, 3.05) is 17.2 Å². The highest BCUT2D eigenvalue weighted by atomic mass is 79.9. The van der Waals surface area contributed by atoms with E-state index in [-0.39, 0.29) is 30.0 Å². The van der Waals surface area contributed by atoms with Crippen molar-refractivity contribution in [3.8, 4) is 0 Å². The molecule has 0 atom stereocenters. The van der Waals surface area contributed by atoms with Crippen molar-refractivity contribution in [2.24, 2.45) is 0 Å². The molecule has 32 heavy (non-hydrogen) atoms. The summed E-state index contributed by atoms with van der Waals surface area (Å²) in [6.45, 7) is 1.37. The molecule has 2 aromatic carbocycles. The van der Waals surface area contributed by atoms with Gasteiger partial charge in [-0.25, -0.2) is 0 Å². The summed E-state index contributed by atoms with van der Waals surface area (Å²) in [6, 6.07) is 7.79. The zero-order valence-corrected chi connectivity index (χ0v) is 19.2. The molecule has 2 aromatic rings. The molecule has 0 aliphatic rings. The Morgan fingerprint density at radius 3 is 2.41 bits per heavy atom. The van der Waals surface area contributed by atoms with Crippen LogP contribution < -0.4 is 10.6 Å². The van der Waals surface area contributed by atoms with E-state index in [1.54, 1.807) is 18.2 Å². The second kappa shape index (κ2) is 11.3. The van der Waals surface area contributed by atoms with Gasteiger partial charge in [-0.15, -0.1) is 0 Å². The summed E-state index contributed by atoms with van der Waals surface area (Å²) >= 11 is 9.17. The first kappa shape index (κ1) is 25.7. The number of aryl methyl sites for hydroxylation is 1. The molecular weight excluding hydrogens is 517 g/mol. The molecule has 0 aliphatic carbocycles. The average molecular weight is 536 g/mol. The van der Waals surface area contributed by atoms with Gasteiger partial charge in [0.2, 0.25) is 5.91 Å². The van der Waals surface area contributed by atoms with Gasteiger partial charge in [-0.2, -0.15) is 13.2 Å². The second-order valence-corrected chi connectivity index (χ2v) is 8.03. The van der Waals surface area contributed by atoms with Gasteiger partial charge in [-0.05, 0) is 55.3 Å². The van der Waals surface area contributed by atoms with Crippen LogP contribution in [-0.2, 0) is 25.3 Å².